The molecule has 2 aromatic carbocycles. The van der Waals surface area contributed by atoms with Gasteiger partial charge >= 0.3 is 6.18 Å². The molecule has 4 nitrogen and oxygen atoms in total. The second-order valence-corrected chi connectivity index (χ2v) is 6.77. The smallest absolute Gasteiger partial charge is 0.416 e. The van der Waals surface area contributed by atoms with E-state index >= 15 is 0 Å². The first-order chi connectivity index (χ1) is 14.2. The molecule has 1 aromatic heterocycles. The topological polar surface area (TPSA) is 44.2 Å². The van der Waals surface area contributed by atoms with Crippen LogP contribution in [0.15, 0.2) is 48.5 Å². The summed E-state index contributed by atoms with van der Waals surface area (Å²) in [6.45, 7) is 3.79. The Bertz CT molecular complexity index is 1090. The van der Waals surface area contributed by atoms with Crippen LogP contribution in [0, 0.1) is 6.92 Å². The van der Waals surface area contributed by atoms with E-state index in [1.54, 1.807) is 7.11 Å². The number of aryl methyl sites for hydroxylation is 1. The number of benzene rings is 2. The molecule has 0 fully saturated rings. The van der Waals surface area contributed by atoms with Gasteiger partial charge in [0, 0.05) is 5.56 Å². The molecule has 0 atom stereocenters. The van der Waals surface area contributed by atoms with Crippen molar-refractivity contribution in [1.82, 2.24) is 10.2 Å². The molecule has 156 valence electrons. The fraction of sp³-hybridized carbons (Fsp3) is 0.217. The molecule has 0 aliphatic carbocycles. The van der Waals surface area contributed by atoms with Crippen molar-refractivity contribution in [2.75, 3.05) is 14.2 Å². The van der Waals surface area contributed by atoms with Crippen LogP contribution in [-0.4, -0.2) is 24.4 Å². The Morgan fingerprint density at radius 2 is 1.73 bits per heavy atom. The molecule has 0 N–H and O–H groups in total. The number of alkyl halides is 3. The highest BCUT2D eigenvalue weighted by molar-refractivity contribution is 5.80. The minimum atomic E-state index is -4.45. The standard InChI is InChI=1S/C23H21F3N2O2/c1-14(16-6-5-7-19(12-16)29-3)10-18-11-15(2)22(28-27-18)20-9-8-17(23(24,25)26)13-21(20)30-4/h5-13H,1-4H3/b14-10+. The van der Waals surface area contributed by atoms with E-state index in [2.05, 4.69) is 10.2 Å². The highest BCUT2D eigenvalue weighted by Crippen LogP contribution is 2.37. The number of methoxy groups -OCH3 is 2. The molecule has 3 rings (SSSR count). The van der Waals surface area contributed by atoms with E-state index in [0.29, 0.717) is 17.0 Å². The Balaban J connectivity index is 1.96. The van der Waals surface area contributed by atoms with Gasteiger partial charge in [-0.25, -0.2) is 0 Å². The van der Waals surface area contributed by atoms with Crippen molar-refractivity contribution < 1.29 is 22.6 Å². The number of hydrogen-bond donors (Lipinski definition) is 0. The van der Waals surface area contributed by atoms with Gasteiger partial charge in [0.25, 0.3) is 0 Å². The minimum absolute atomic E-state index is 0.0954. The average Bonchev–Trinajstić information content (AvgIpc) is 2.73. The second kappa shape index (κ2) is 8.57. The lowest BCUT2D eigenvalue weighted by molar-refractivity contribution is -0.137. The van der Waals surface area contributed by atoms with Crippen molar-refractivity contribution >= 4 is 11.6 Å². The van der Waals surface area contributed by atoms with Gasteiger partial charge in [0.15, 0.2) is 0 Å². The van der Waals surface area contributed by atoms with Gasteiger partial charge in [-0.1, -0.05) is 12.1 Å². The molecule has 0 spiro atoms. The Morgan fingerprint density at radius 3 is 2.37 bits per heavy atom. The van der Waals surface area contributed by atoms with Crippen LogP contribution in [0.3, 0.4) is 0 Å². The Labute approximate surface area is 173 Å². The van der Waals surface area contributed by atoms with E-state index in [1.165, 1.54) is 13.2 Å². The fourth-order valence-electron chi connectivity index (χ4n) is 3.08. The molecular formula is C23H21F3N2O2. The van der Waals surface area contributed by atoms with E-state index in [0.717, 1.165) is 34.6 Å². The summed E-state index contributed by atoms with van der Waals surface area (Å²) < 4.78 is 49.4. The van der Waals surface area contributed by atoms with E-state index in [4.69, 9.17) is 9.47 Å². The quantitative estimate of drug-likeness (QED) is 0.510. The number of hydrogen-bond acceptors (Lipinski definition) is 4. The van der Waals surface area contributed by atoms with Gasteiger partial charge < -0.3 is 9.47 Å². The third kappa shape index (κ3) is 4.62. The van der Waals surface area contributed by atoms with Crippen molar-refractivity contribution in [3.8, 4) is 22.8 Å². The monoisotopic (exact) mass is 414 g/mol. The Kier molecular flexibility index (Phi) is 6.10. The first-order valence-corrected chi connectivity index (χ1v) is 9.15. The fourth-order valence-corrected chi connectivity index (χ4v) is 3.08. The van der Waals surface area contributed by atoms with Gasteiger partial charge in [-0.3, -0.25) is 0 Å². The number of nitrogens with zero attached hydrogens (tertiary/aromatic N) is 2. The van der Waals surface area contributed by atoms with Crippen LogP contribution in [0.1, 0.15) is 29.3 Å². The number of rotatable bonds is 5. The summed E-state index contributed by atoms with van der Waals surface area (Å²) in [5, 5.41) is 8.48. The normalized spacial score (nSPS) is 12.0. The largest absolute Gasteiger partial charge is 0.497 e. The summed E-state index contributed by atoms with van der Waals surface area (Å²) in [6.07, 6.45) is -2.55. The average molecular weight is 414 g/mol. The predicted octanol–water partition coefficient (Wildman–Crippen LogP) is 6.05. The van der Waals surface area contributed by atoms with E-state index in [1.807, 2.05) is 50.3 Å². The molecule has 0 aliphatic rings. The molecular weight excluding hydrogens is 393 g/mol. The second-order valence-electron chi connectivity index (χ2n) is 6.77. The van der Waals surface area contributed by atoms with Crippen LogP contribution >= 0.6 is 0 Å². The van der Waals surface area contributed by atoms with Gasteiger partial charge in [-0.15, -0.1) is 5.10 Å². The Hall–Kier alpha value is -3.35. The van der Waals surface area contributed by atoms with Crippen LogP contribution in [0.4, 0.5) is 13.2 Å². The van der Waals surface area contributed by atoms with Gasteiger partial charge in [-0.05, 0) is 73.0 Å². The van der Waals surface area contributed by atoms with Crippen LogP contribution in [0.25, 0.3) is 22.9 Å². The first kappa shape index (κ1) is 21.4. The van der Waals surface area contributed by atoms with Gasteiger partial charge in [0.2, 0.25) is 0 Å². The molecule has 3 aromatic rings. The first-order valence-electron chi connectivity index (χ1n) is 9.15. The molecule has 0 bridgehead atoms. The zero-order chi connectivity index (χ0) is 21.9. The molecule has 1 heterocycles. The molecule has 0 unspecified atom stereocenters. The summed E-state index contributed by atoms with van der Waals surface area (Å²) in [7, 11) is 2.94. The van der Waals surface area contributed by atoms with Crippen molar-refractivity contribution in [2.45, 2.75) is 20.0 Å². The number of allylic oxidation sites excluding steroid dienone is 1. The van der Waals surface area contributed by atoms with Crippen molar-refractivity contribution in [2.24, 2.45) is 0 Å². The summed E-state index contributed by atoms with van der Waals surface area (Å²) >= 11 is 0. The van der Waals surface area contributed by atoms with Crippen LogP contribution in [-0.2, 0) is 6.18 Å². The number of aromatic nitrogens is 2. The highest BCUT2D eigenvalue weighted by Gasteiger charge is 2.31. The molecule has 7 heteroatoms. The molecule has 30 heavy (non-hydrogen) atoms. The number of ether oxygens (including phenoxy) is 2. The van der Waals surface area contributed by atoms with Gasteiger partial charge in [0.05, 0.1) is 31.2 Å². The lowest BCUT2D eigenvalue weighted by Crippen LogP contribution is -2.06. The molecule has 0 saturated heterocycles. The van der Waals surface area contributed by atoms with Gasteiger partial charge in [-0.2, -0.15) is 18.3 Å². The maximum atomic E-state index is 13.0. The van der Waals surface area contributed by atoms with Crippen LogP contribution in [0.2, 0.25) is 0 Å². The highest BCUT2D eigenvalue weighted by atomic mass is 19.4. The molecule has 0 aliphatic heterocycles. The molecule has 0 amide bonds. The summed E-state index contributed by atoms with van der Waals surface area (Å²) in [6, 6.07) is 12.8. The van der Waals surface area contributed by atoms with E-state index in [9.17, 15) is 13.2 Å². The molecule has 0 saturated carbocycles. The van der Waals surface area contributed by atoms with E-state index in [-0.39, 0.29) is 5.75 Å². The third-order valence-corrected chi connectivity index (χ3v) is 4.68. The molecule has 0 radical (unpaired) electrons. The zero-order valence-electron chi connectivity index (χ0n) is 17.0. The van der Waals surface area contributed by atoms with Crippen molar-refractivity contribution in [3.63, 3.8) is 0 Å². The Morgan fingerprint density at radius 1 is 0.967 bits per heavy atom. The lowest BCUT2D eigenvalue weighted by Gasteiger charge is -2.13. The summed E-state index contributed by atoms with van der Waals surface area (Å²) in [4.78, 5) is 0. The maximum absolute atomic E-state index is 13.0. The van der Waals surface area contributed by atoms with Gasteiger partial charge in [0.1, 0.15) is 11.5 Å². The maximum Gasteiger partial charge on any atom is 0.416 e. The lowest BCUT2D eigenvalue weighted by atomic mass is 10.0. The van der Waals surface area contributed by atoms with E-state index < -0.39 is 11.7 Å². The van der Waals surface area contributed by atoms with Crippen LogP contribution in [0.5, 0.6) is 11.5 Å². The van der Waals surface area contributed by atoms with Crippen molar-refractivity contribution in [1.29, 1.82) is 0 Å². The minimum Gasteiger partial charge on any atom is -0.497 e. The SMILES string of the molecule is COc1cccc(/C(C)=C/c2cc(C)c(-c3ccc(C(F)(F)F)cc3OC)nn2)c1. The predicted molar refractivity (Wildman–Crippen MR) is 110 cm³/mol. The summed E-state index contributed by atoms with van der Waals surface area (Å²) in [5.74, 6) is 0.852. The van der Waals surface area contributed by atoms with Crippen molar-refractivity contribution in [3.05, 3.63) is 70.9 Å². The zero-order valence-corrected chi connectivity index (χ0v) is 17.0. The number of halogens is 3. The van der Waals surface area contributed by atoms with Crippen LogP contribution < -0.4 is 9.47 Å². The third-order valence-electron chi connectivity index (χ3n) is 4.68. The summed E-state index contributed by atoms with van der Waals surface area (Å²) in [5.41, 5.74) is 3.52.